The van der Waals surface area contributed by atoms with Gasteiger partial charge in [-0.05, 0) is 42.5 Å². The number of hydrogen-bond donors (Lipinski definition) is 0. The van der Waals surface area contributed by atoms with E-state index in [-0.39, 0.29) is 0 Å². The van der Waals surface area contributed by atoms with Gasteiger partial charge >= 0.3 is 0 Å². The summed E-state index contributed by atoms with van der Waals surface area (Å²) in [6.45, 7) is 6.57. The number of rotatable bonds is 3. The molecule has 0 radical (unpaired) electrons. The van der Waals surface area contributed by atoms with E-state index in [1.807, 2.05) is 12.3 Å². The Kier molecular flexibility index (Phi) is 3.48. The Morgan fingerprint density at radius 3 is 2.61 bits per heavy atom. The zero-order chi connectivity index (χ0) is 15.8. The van der Waals surface area contributed by atoms with Gasteiger partial charge in [0, 0.05) is 30.9 Å². The van der Waals surface area contributed by atoms with Crippen LogP contribution < -0.4 is 4.90 Å². The van der Waals surface area contributed by atoms with Gasteiger partial charge in [-0.3, -0.25) is 0 Å². The van der Waals surface area contributed by atoms with Gasteiger partial charge < -0.3 is 4.90 Å². The van der Waals surface area contributed by atoms with E-state index in [0.29, 0.717) is 11.9 Å². The molecule has 1 fully saturated rings. The van der Waals surface area contributed by atoms with E-state index in [4.69, 9.17) is 9.97 Å². The molecule has 0 aliphatic carbocycles. The first-order valence-corrected chi connectivity index (χ1v) is 8.29. The van der Waals surface area contributed by atoms with E-state index >= 15 is 0 Å². The zero-order valence-corrected chi connectivity index (χ0v) is 13.6. The van der Waals surface area contributed by atoms with Crippen molar-refractivity contribution >= 4 is 16.7 Å². The Morgan fingerprint density at radius 1 is 1.09 bits per heavy atom. The van der Waals surface area contributed by atoms with Gasteiger partial charge in [0.2, 0.25) is 0 Å². The summed E-state index contributed by atoms with van der Waals surface area (Å²) in [6, 6.07) is 8.42. The van der Waals surface area contributed by atoms with Crippen LogP contribution in [0.2, 0.25) is 0 Å². The maximum Gasteiger partial charge on any atom is 0.253 e. The van der Waals surface area contributed by atoms with Crippen LogP contribution in [0.5, 0.6) is 0 Å². The molecule has 3 aromatic rings. The van der Waals surface area contributed by atoms with Crippen LogP contribution in [-0.4, -0.2) is 32.8 Å². The second kappa shape index (κ2) is 5.65. The molecule has 23 heavy (non-hydrogen) atoms. The van der Waals surface area contributed by atoms with E-state index < -0.39 is 0 Å². The van der Waals surface area contributed by atoms with E-state index in [0.717, 1.165) is 29.8 Å². The fraction of sp³-hybridized carbons (Fsp3) is 0.389. The summed E-state index contributed by atoms with van der Waals surface area (Å²) in [5, 5.41) is 5.43. The van der Waals surface area contributed by atoms with Gasteiger partial charge in [-0.1, -0.05) is 19.9 Å². The summed E-state index contributed by atoms with van der Waals surface area (Å²) in [5.74, 6) is 2.18. The van der Waals surface area contributed by atoms with E-state index in [2.05, 4.69) is 42.0 Å². The number of hydrogen-bond acceptors (Lipinski definition) is 4. The van der Waals surface area contributed by atoms with Gasteiger partial charge in [-0.25, -0.2) is 9.67 Å². The van der Waals surface area contributed by atoms with Gasteiger partial charge in [0.05, 0.1) is 5.52 Å². The number of anilines is 1. The number of benzene rings is 1. The van der Waals surface area contributed by atoms with Crippen molar-refractivity contribution < 1.29 is 0 Å². The lowest BCUT2D eigenvalue weighted by atomic mass is 10.0. The predicted molar refractivity (Wildman–Crippen MR) is 92.2 cm³/mol. The van der Waals surface area contributed by atoms with Crippen LogP contribution in [0.15, 0.2) is 36.7 Å². The molecule has 3 heterocycles. The molecule has 0 amide bonds. The first-order valence-electron chi connectivity index (χ1n) is 8.29. The van der Waals surface area contributed by atoms with Crippen LogP contribution in [0.1, 0.15) is 38.2 Å². The summed E-state index contributed by atoms with van der Waals surface area (Å²) < 4.78 is 1.73. The molecule has 0 bridgehead atoms. The minimum Gasteiger partial charge on any atom is -0.356 e. The molecule has 1 saturated heterocycles. The molecule has 118 valence electrons. The van der Waals surface area contributed by atoms with Gasteiger partial charge in [0.1, 0.15) is 5.82 Å². The maximum atomic E-state index is 4.84. The standard InChI is InChI=1S/C18H21N5/c1-13(2)14-6-7-16-15(12-14)17(22-9-3-4-10-22)21-18(20-16)23-11-5-8-19-23/h5-8,11-13H,3-4,9-10H2,1-2H3. The van der Waals surface area contributed by atoms with E-state index in [1.54, 1.807) is 10.9 Å². The highest BCUT2D eigenvalue weighted by atomic mass is 15.4. The SMILES string of the molecule is CC(C)c1ccc2nc(-n3cccn3)nc(N3CCCC3)c2c1. The molecule has 0 unspecified atom stereocenters. The zero-order valence-electron chi connectivity index (χ0n) is 13.6. The topological polar surface area (TPSA) is 46.8 Å². The molecule has 5 heteroatoms. The number of aromatic nitrogens is 4. The summed E-state index contributed by atoms with van der Waals surface area (Å²) in [5.41, 5.74) is 2.31. The molecule has 0 atom stereocenters. The smallest absolute Gasteiger partial charge is 0.253 e. The van der Waals surface area contributed by atoms with Crippen LogP contribution in [0, 0.1) is 0 Å². The van der Waals surface area contributed by atoms with Crippen molar-refractivity contribution in [1.82, 2.24) is 19.7 Å². The van der Waals surface area contributed by atoms with Gasteiger partial charge in [0.25, 0.3) is 5.95 Å². The highest BCUT2D eigenvalue weighted by Crippen LogP contribution is 2.30. The summed E-state index contributed by atoms with van der Waals surface area (Å²) >= 11 is 0. The Morgan fingerprint density at radius 2 is 1.91 bits per heavy atom. The highest BCUT2D eigenvalue weighted by molar-refractivity contribution is 5.90. The number of nitrogens with zero attached hydrogens (tertiary/aromatic N) is 5. The van der Waals surface area contributed by atoms with Crippen molar-refractivity contribution in [2.75, 3.05) is 18.0 Å². The Labute approximate surface area is 136 Å². The average molecular weight is 307 g/mol. The molecular formula is C18H21N5. The van der Waals surface area contributed by atoms with Gasteiger partial charge in [-0.15, -0.1) is 0 Å². The number of fused-ring (bicyclic) bond motifs is 1. The first-order chi connectivity index (χ1) is 11.2. The lowest BCUT2D eigenvalue weighted by molar-refractivity contribution is 0.806. The van der Waals surface area contributed by atoms with E-state index in [1.165, 1.54) is 18.4 Å². The molecule has 4 rings (SSSR count). The van der Waals surface area contributed by atoms with Crippen LogP contribution >= 0.6 is 0 Å². The summed E-state index contributed by atoms with van der Waals surface area (Å²) in [7, 11) is 0. The fourth-order valence-electron chi connectivity index (χ4n) is 3.14. The first kappa shape index (κ1) is 14.2. The second-order valence-electron chi connectivity index (χ2n) is 6.42. The fourth-order valence-corrected chi connectivity index (χ4v) is 3.14. The molecule has 0 spiro atoms. The molecule has 1 aliphatic heterocycles. The quantitative estimate of drug-likeness (QED) is 0.742. The summed E-state index contributed by atoms with van der Waals surface area (Å²) in [6.07, 6.45) is 6.10. The molecule has 5 nitrogen and oxygen atoms in total. The van der Waals surface area contributed by atoms with Crippen LogP contribution in [-0.2, 0) is 0 Å². The second-order valence-corrected chi connectivity index (χ2v) is 6.42. The molecule has 2 aromatic heterocycles. The van der Waals surface area contributed by atoms with Crippen molar-refractivity contribution in [3.05, 3.63) is 42.2 Å². The molecule has 1 aliphatic rings. The highest BCUT2D eigenvalue weighted by Gasteiger charge is 2.19. The van der Waals surface area contributed by atoms with Crippen molar-refractivity contribution in [3.8, 4) is 5.95 Å². The molecule has 0 saturated carbocycles. The van der Waals surface area contributed by atoms with Gasteiger partial charge in [-0.2, -0.15) is 10.1 Å². The van der Waals surface area contributed by atoms with Crippen LogP contribution in [0.25, 0.3) is 16.9 Å². The van der Waals surface area contributed by atoms with Crippen LogP contribution in [0.3, 0.4) is 0 Å². The lowest BCUT2D eigenvalue weighted by Crippen LogP contribution is -2.20. The largest absolute Gasteiger partial charge is 0.356 e. The molecule has 0 N–H and O–H groups in total. The van der Waals surface area contributed by atoms with Crippen molar-refractivity contribution in [2.24, 2.45) is 0 Å². The maximum absolute atomic E-state index is 4.84. The third-order valence-corrected chi connectivity index (χ3v) is 4.47. The predicted octanol–water partition coefficient (Wildman–Crippen LogP) is 3.54. The third kappa shape index (κ3) is 2.56. The summed E-state index contributed by atoms with van der Waals surface area (Å²) in [4.78, 5) is 11.9. The Hall–Kier alpha value is -2.43. The van der Waals surface area contributed by atoms with E-state index in [9.17, 15) is 0 Å². The Bertz CT molecular complexity index is 817. The Balaban J connectivity index is 1.93. The lowest BCUT2D eigenvalue weighted by Gasteiger charge is -2.20. The van der Waals surface area contributed by atoms with Gasteiger partial charge in [0.15, 0.2) is 0 Å². The molecular weight excluding hydrogens is 286 g/mol. The van der Waals surface area contributed by atoms with Crippen molar-refractivity contribution in [1.29, 1.82) is 0 Å². The minimum atomic E-state index is 0.497. The molecule has 1 aromatic carbocycles. The van der Waals surface area contributed by atoms with Crippen molar-refractivity contribution in [3.63, 3.8) is 0 Å². The average Bonchev–Trinajstić information content (AvgIpc) is 3.26. The monoisotopic (exact) mass is 307 g/mol. The van der Waals surface area contributed by atoms with Crippen molar-refractivity contribution in [2.45, 2.75) is 32.6 Å². The van der Waals surface area contributed by atoms with Crippen LogP contribution in [0.4, 0.5) is 5.82 Å². The normalized spacial score (nSPS) is 15.0. The minimum absolute atomic E-state index is 0.497. The third-order valence-electron chi connectivity index (χ3n) is 4.47.